The largest absolute Gasteiger partial charge is 0.376 e. The number of hydrogen-bond donors (Lipinski definition) is 1. The van der Waals surface area contributed by atoms with Crippen LogP contribution in [-0.4, -0.2) is 29.2 Å². The average molecular weight is 221 g/mol. The van der Waals surface area contributed by atoms with Gasteiger partial charge in [0.2, 0.25) is 0 Å². The molecule has 0 bridgehead atoms. The zero-order valence-electron chi connectivity index (χ0n) is 9.99. The van der Waals surface area contributed by atoms with Gasteiger partial charge >= 0.3 is 0 Å². The minimum atomic E-state index is 0.0390. The lowest BCUT2D eigenvalue weighted by Gasteiger charge is -2.40. The number of aryl methyl sites for hydroxylation is 1. The maximum atomic E-state index is 5.55. The van der Waals surface area contributed by atoms with E-state index >= 15 is 0 Å². The van der Waals surface area contributed by atoms with Crippen molar-refractivity contribution >= 4 is 5.82 Å². The fourth-order valence-electron chi connectivity index (χ4n) is 1.96. The van der Waals surface area contributed by atoms with E-state index < -0.39 is 0 Å². The average Bonchev–Trinajstić information content (AvgIpc) is 2.29. The van der Waals surface area contributed by atoms with Crippen molar-refractivity contribution in [1.29, 1.82) is 0 Å². The summed E-state index contributed by atoms with van der Waals surface area (Å²) in [4.78, 5) is 8.38. The number of anilines is 1. The molecule has 1 saturated carbocycles. The minimum absolute atomic E-state index is 0.0390. The molecule has 2 rings (SSSR count). The number of ether oxygens (including phenoxy) is 1. The summed E-state index contributed by atoms with van der Waals surface area (Å²) in [5.41, 5.74) is 1.11. The molecule has 0 saturated heterocycles. The number of nitrogens with zero attached hydrogens (tertiary/aromatic N) is 2. The third-order valence-electron chi connectivity index (χ3n) is 3.38. The summed E-state index contributed by atoms with van der Waals surface area (Å²) < 4.78 is 5.55. The minimum Gasteiger partial charge on any atom is -0.376 e. The van der Waals surface area contributed by atoms with Crippen LogP contribution in [0, 0.1) is 0 Å². The molecule has 88 valence electrons. The lowest BCUT2D eigenvalue weighted by Crippen LogP contribution is -2.45. The van der Waals surface area contributed by atoms with Gasteiger partial charge in [0.15, 0.2) is 0 Å². The Kier molecular flexibility index (Phi) is 3.39. The van der Waals surface area contributed by atoms with Gasteiger partial charge in [-0.05, 0) is 25.7 Å². The highest BCUT2D eigenvalue weighted by molar-refractivity contribution is 5.35. The summed E-state index contributed by atoms with van der Waals surface area (Å²) >= 11 is 0. The summed E-state index contributed by atoms with van der Waals surface area (Å²) in [6.45, 7) is 2.93. The van der Waals surface area contributed by atoms with E-state index in [4.69, 9.17) is 4.74 Å². The zero-order valence-corrected chi connectivity index (χ0v) is 9.99. The summed E-state index contributed by atoms with van der Waals surface area (Å²) in [5, 5.41) is 3.34. The predicted octanol–water partition coefficient (Wildman–Crippen LogP) is 2.02. The van der Waals surface area contributed by atoms with Crippen molar-refractivity contribution in [2.24, 2.45) is 0 Å². The van der Waals surface area contributed by atoms with Crippen molar-refractivity contribution in [3.8, 4) is 0 Å². The van der Waals surface area contributed by atoms with Crippen LogP contribution < -0.4 is 5.32 Å². The van der Waals surface area contributed by atoms with Crippen LogP contribution >= 0.6 is 0 Å². The Hall–Kier alpha value is -1.16. The standard InChI is InChI=1S/C12H19N3O/c1-3-10-7-11(15-9-14-10)13-8-12(16-2)5-4-6-12/h7,9H,3-6,8H2,1-2H3,(H,13,14,15). The second kappa shape index (κ2) is 4.78. The number of aromatic nitrogens is 2. The van der Waals surface area contributed by atoms with Crippen LogP contribution in [-0.2, 0) is 11.2 Å². The molecule has 0 aromatic carbocycles. The van der Waals surface area contributed by atoms with Crippen molar-refractivity contribution in [2.45, 2.75) is 38.2 Å². The van der Waals surface area contributed by atoms with Gasteiger partial charge in [-0.2, -0.15) is 0 Å². The van der Waals surface area contributed by atoms with Crippen molar-refractivity contribution in [3.05, 3.63) is 18.1 Å². The molecule has 1 aromatic rings. The van der Waals surface area contributed by atoms with Gasteiger partial charge in [-0.25, -0.2) is 9.97 Å². The molecule has 1 heterocycles. The maximum absolute atomic E-state index is 5.55. The van der Waals surface area contributed by atoms with Gasteiger partial charge in [-0.15, -0.1) is 0 Å². The first-order valence-corrected chi connectivity index (χ1v) is 5.88. The van der Waals surface area contributed by atoms with Crippen LogP contribution in [0.3, 0.4) is 0 Å². The van der Waals surface area contributed by atoms with E-state index in [0.717, 1.165) is 37.3 Å². The van der Waals surface area contributed by atoms with Crippen molar-refractivity contribution in [3.63, 3.8) is 0 Å². The van der Waals surface area contributed by atoms with Gasteiger partial charge in [0.05, 0.1) is 5.60 Å². The highest BCUT2D eigenvalue weighted by Crippen LogP contribution is 2.34. The van der Waals surface area contributed by atoms with E-state index in [9.17, 15) is 0 Å². The Morgan fingerprint density at radius 3 is 2.81 bits per heavy atom. The Morgan fingerprint density at radius 1 is 1.44 bits per heavy atom. The van der Waals surface area contributed by atoms with E-state index in [1.807, 2.05) is 6.07 Å². The van der Waals surface area contributed by atoms with Gasteiger partial charge in [-0.1, -0.05) is 6.92 Å². The fraction of sp³-hybridized carbons (Fsp3) is 0.667. The number of rotatable bonds is 5. The van der Waals surface area contributed by atoms with Crippen LogP contribution in [0.4, 0.5) is 5.82 Å². The molecule has 0 aliphatic heterocycles. The van der Waals surface area contributed by atoms with Gasteiger partial charge < -0.3 is 10.1 Å². The Bertz CT molecular complexity index is 344. The molecule has 1 aliphatic rings. The van der Waals surface area contributed by atoms with Gasteiger partial charge in [0.1, 0.15) is 12.1 Å². The van der Waals surface area contributed by atoms with Crippen molar-refractivity contribution in [1.82, 2.24) is 9.97 Å². The molecular formula is C12H19N3O. The number of nitrogens with one attached hydrogen (secondary N) is 1. The SMILES string of the molecule is CCc1cc(NCC2(OC)CCC2)ncn1. The fourth-order valence-corrected chi connectivity index (χ4v) is 1.96. The van der Waals surface area contributed by atoms with E-state index in [1.54, 1.807) is 13.4 Å². The number of methoxy groups -OCH3 is 1. The topological polar surface area (TPSA) is 47.0 Å². The summed E-state index contributed by atoms with van der Waals surface area (Å²) in [5.74, 6) is 0.898. The summed E-state index contributed by atoms with van der Waals surface area (Å²) in [6, 6.07) is 2.00. The highest BCUT2D eigenvalue weighted by Gasteiger charge is 2.36. The molecule has 4 nitrogen and oxygen atoms in total. The first-order chi connectivity index (χ1) is 7.78. The molecule has 1 aromatic heterocycles. The molecule has 1 N–H and O–H groups in total. The zero-order chi connectivity index (χ0) is 11.4. The second-order valence-electron chi connectivity index (χ2n) is 4.34. The molecule has 16 heavy (non-hydrogen) atoms. The van der Waals surface area contributed by atoms with Crippen LogP contribution in [0.15, 0.2) is 12.4 Å². The monoisotopic (exact) mass is 221 g/mol. The molecular weight excluding hydrogens is 202 g/mol. The molecule has 0 atom stereocenters. The smallest absolute Gasteiger partial charge is 0.129 e. The van der Waals surface area contributed by atoms with Crippen LogP contribution in [0.1, 0.15) is 31.9 Å². The first kappa shape index (κ1) is 11.3. The molecule has 0 unspecified atom stereocenters. The van der Waals surface area contributed by atoms with E-state index in [2.05, 4.69) is 22.2 Å². The lowest BCUT2D eigenvalue weighted by atomic mass is 9.80. The van der Waals surface area contributed by atoms with Crippen LogP contribution in [0.5, 0.6) is 0 Å². The Morgan fingerprint density at radius 2 is 2.25 bits per heavy atom. The van der Waals surface area contributed by atoms with Crippen molar-refractivity contribution in [2.75, 3.05) is 19.0 Å². The second-order valence-corrected chi connectivity index (χ2v) is 4.34. The molecule has 0 radical (unpaired) electrons. The summed E-state index contributed by atoms with van der Waals surface area (Å²) in [7, 11) is 1.79. The molecule has 1 fully saturated rings. The van der Waals surface area contributed by atoms with Gasteiger partial charge in [0, 0.05) is 25.4 Å². The van der Waals surface area contributed by atoms with Gasteiger partial charge in [-0.3, -0.25) is 0 Å². The van der Waals surface area contributed by atoms with Crippen LogP contribution in [0.2, 0.25) is 0 Å². The Balaban J connectivity index is 1.93. The molecule has 0 amide bonds. The Labute approximate surface area is 96.4 Å². The molecule has 1 aliphatic carbocycles. The molecule has 4 heteroatoms. The predicted molar refractivity (Wildman–Crippen MR) is 63.5 cm³/mol. The first-order valence-electron chi connectivity index (χ1n) is 5.88. The van der Waals surface area contributed by atoms with E-state index in [1.165, 1.54) is 6.42 Å². The third-order valence-corrected chi connectivity index (χ3v) is 3.38. The highest BCUT2D eigenvalue weighted by atomic mass is 16.5. The normalized spacial score (nSPS) is 17.9. The van der Waals surface area contributed by atoms with Crippen LogP contribution in [0.25, 0.3) is 0 Å². The summed E-state index contributed by atoms with van der Waals surface area (Å²) in [6.07, 6.45) is 6.10. The lowest BCUT2D eigenvalue weighted by molar-refractivity contribution is -0.0601. The van der Waals surface area contributed by atoms with E-state index in [-0.39, 0.29) is 5.60 Å². The number of hydrogen-bond acceptors (Lipinski definition) is 4. The van der Waals surface area contributed by atoms with E-state index in [0.29, 0.717) is 0 Å². The quantitative estimate of drug-likeness (QED) is 0.826. The third kappa shape index (κ3) is 2.32. The van der Waals surface area contributed by atoms with Gasteiger partial charge in [0.25, 0.3) is 0 Å². The molecule has 0 spiro atoms. The van der Waals surface area contributed by atoms with Crippen molar-refractivity contribution < 1.29 is 4.74 Å². The maximum Gasteiger partial charge on any atom is 0.129 e.